The van der Waals surface area contributed by atoms with Gasteiger partial charge in [0.15, 0.2) is 0 Å². The molecule has 6 atom stereocenters. The maximum Gasteiger partial charge on any atom is 0.363 e. The first-order chi connectivity index (χ1) is 54.2. The highest BCUT2D eigenvalue weighted by molar-refractivity contribution is 7.86. The molecule has 1 aliphatic rings. The molecular weight excluding hydrogens is 1550 g/mol. The zero-order chi connectivity index (χ0) is 84.4. The summed E-state index contributed by atoms with van der Waals surface area (Å²) >= 11 is 0. The number of nitrogens with zero attached hydrogens (tertiary/aromatic N) is 2. The van der Waals surface area contributed by atoms with Crippen LogP contribution in [0.15, 0.2) is 161 Å². The van der Waals surface area contributed by atoms with Crippen molar-refractivity contribution in [2.24, 2.45) is 0 Å². The Hall–Kier alpha value is -11.2. The Morgan fingerprint density at radius 2 is 1.10 bits per heavy atom. The lowest BCUT2D eigenvalue weighted by Crippen LogP contribution is -2.56. The van der Waals surface area contributed by atoms with Crippen LogP contribution in [0.25, 0.3) is 17.0 Å². The van der Waals surface area contributed by atoms with Crippen molar-refractivity contribution in [2.45, 2.75) is 158 Å². The monoisotopic (exact) mass is 1650 g/mol. The Kier molecular flexibility index (Phi) is 33.0. The van der Waals surface area contributed by atoms with Gasteiger partial charge in [0.1, 0.15) is 40.3 Å². The summed E-state index contributed by atoms with van der Waals surface area (Å²) < 4.78 is 111. The van der Waals surface area contributed by atoms with Gasteiger partial charge in [-0.1, -0.05) is 118 Å². The standard InChI is InChI=1S/C79H98N10O23S3/c1-6-88(40-18-42-113(103,104)105)54-29-31-57-58(78(2,3)4)48-55(112-66(57)47-54)26-16-27-67-79(5,59-49-56(115(109,110)111)30-34-65(59)89(67)41-19-43-114(106,107)108)37-17-28-68(90)84-64(46-53-24-14-9-15-25-53)74(97)85-63(45-52-22-12-8-13-23-52)73(96)82-50-70(92)80-38-39-81-72(95)62(44-51-20-10-7-11-21-51)83-69(91)35-32-60(75(98)99)86-77(102)87-61(76(100)101)33-36-71(93)94/h7-16,20-27,29-31,34,47-49,60-64H,6,17-19,28,32-33,35-46,50H2,1-5H3,(H13-,80,81,82,83,84,85,86,87,90,91,92,93,94,95,96,97,98,99,100,101,102,103,104,105,106,107,108,109,110,111)/b26-16+,67-27-/t60-,61-,62-,63?,64-,79?/m0/s1. The first-order valence-electron chi connectivity index (χ1n) is 37.1. The molecule has 33 nitrogen and oxygen atoms in total. The topological polar surface area (TPSA) is 511 Å². The van der Waals surface area contributed by atoms with Gasteiger partial charge in [-0.05, 0) is 122 Å². The van der Waals surface area contributed by atoms with Crippen molar-refractivity contribution in [3.05, 3.63) is 185 Å². The molecule has 1 aliphatic heterocycles. The summed E-state index contributed by atoms with van der Waals surface area (Å²) in [5.41, 5.74) is 3.51. The van der Waals surface area contributed by atoms with Crippen LogP contribution in [0.4, 0.5) is 16.2 Å². The summed E-state index contributed by atoms with van der Waals surface area (Å²) in [6.07, 6.45) is 2.60. The lowest BCUT2D eigenvalue weighted by atomic mass is 9.77. The fourth-order valence-corrected chi connectivity index (χ4v) is 14.7. The van der Waals surface area contributed by atoms with Gasteiger partial charge in [0, 0.05) is 106 Å². The van der Waals surface area contributed by atoms with Crippen molar-refractivity contribution in [1.82, 2.24) is 42.5 Å². The Morgan fingerprint density at radius 1 is 0.583 bits per heavy atom. The molecule has 5 aromatic carbocycles. The predicted octanol–water partition coefficient (Wildman–Crippen LogP) is 5.52. The van der Waals surface area contributed by atoms with E-state index in [-0.39, 0.29) is 71.0 Å². The highest BCUT2D eigenvalue weighted by atomic mass is 32.2. The second kappa shape index (κ2) is 41.7. The summed E-state index contributed by atoms with van der Waals surface area (Å²) in [5.74, 6) is -9.63. The molecule has 620 valence electrons. The molecule has 0 saturated heterocycles. The second-order valence-electron chi connectivity index (χ2n) is 28.8. The molecule has 36 heteroatoms. The minimum absolute atomic E-state index is 0.0403. The van der Waals surface area contributed by atoms with E-state index in [1.807, 2.05) is 62.2 Å². The quantitative estimate of drug-likeness (QED) is 0.0127. The van der Waals surface area contributed by atoms with Crippen molar-refractivity contribution < 1.29 is 107 Å². The third kappa shape index (κ3) is 29.0. The SMILES string of the molecule is CCN(CCCS(=O)(=O)O)c1ccc2c(C(C)(C)C)cc(/C=C/C=C3\N(CCCS(=O)(=O)O)c4ccc(S(=O)(=O)[O-])cc4C3(C)CCCC(=O)N[C@@H](Cc3ccccc3)C(=O)NC(Cc3ccccc3)C(=O)NCC(=O)NCCNC(=O)[C@H](Cc3ccccc3)NC(=O)CC[C@H](NC(=O)N[C@@H](CCC(=O)O)C(=O)O)C(=O)O)[o+]c2c1. The van der Waals surface area contributed by atoms with Gasteiger partial charge in [0.2, 0.25) is 35.4 Å². The number of aliphatic carboxylic acids is 3. The number of rotatable bonds is 44. The number of amides is 8. The zero-order valence-corrected chi connectivity index (χ0v) is 66.6. The molecule has 115 heavy (non-hydrogen) atoms. The van der Waals surface area contributed by atoms with E-state index in [0.29, 0.717) is 58.1 Å². The molecule has 0 aliphatic carbocycles. The lowest BCUT2D eigenvalue weighted by molar-refractivity contribution is -0.141. The molecule has 0 bridgehead atoms. The van der Waals surface area contributed by atoms with E-state index in [2.05, 4.69) is 37.2 Å². The van der Waals surface area contributed by atoms with Gasteiger partial charge in [-0.3, -0.25) is 42.7 Å². The van der Waals surface area contributed by atoms with Crippen LogP contribution in [0.1, 0.15) is 126 Å². The fraction of sp³-hybridized carbons (Fsp3) is 0.405. The largest absolute Gasteiger partial charge is 0.744 e. The van der Waals surface area contributed by atoms with Crippen molar-refractivity contribution in [2.75, 3.05) is 60.6 Å². The number of carbonyl (C=O) groups is 10. The molecule has 0 spiro atoms. The van der Waals surface area contributed by atoms with Crippen LogP contribution in [0.3, 0.4) is 0 Å². The minimum Gasteiger partial charge on any atom is -0.744 e. The summed E-state index contributed by atoms with van der Waals surface area (Å²) in [4.78, 5) is 134. The smallest absolute Gasteiger partial charge is 0.363 e. The highest BCUT2D eigenvalue weighted by Gasteiger charge is 2.44. The van der Waals surface area contributed by atoms with Gasteiger partial charge in [0.05, 0.1) is 34.4 Å². The third-order valence-electron chi connectivity index (χ3n) is 19.0. The maximum absolute atomic E-state index is 14.7. The summed E-state index contributed by atoms with van der Waals surface area (Å²) in [6, 6.07) is 28.5. The summed E-state index contributed by atoms with van der Waals surface area (Å²) in [6.45, 7) is 9.52. The minimum atomic E-state index is -5.07. The van der Waals surface area contributed by atoms with E-state index in [1.165, 1.54) is 12.1 Å². The lowest BCUT2D eigenvalue weighted by Gasteiger charge is -2.30. The van der Waals surface area contributed by atoms with Crippen molar-refractivity contribution in [1.29, 1.82) is 0 Å². The Morgan fingerprint density at radius 3 is 1.63 bits per heavy atom. The first-order valence-corrected chi connectivity index (χ1v) is 41.7. The van der Waals surface area contributed by atoms with Gasteiger partial charge in [-0.25, -0.2) is 27.2 Å². The second-order valence-corrected chi connectivity index (χ2v) is 33.4. The average Bonchev–Trinajstić information content (AvgIpc) is 1.58. The number of fused-ring (bicyclic) bond motifs is 2. The van der Waals surface area contributed by atoms with Crippen LogP contribution >= 0.6 is 0 Å². The third-order valence-corrected chi connectivity index (χ3v) is 21.4. The number of hydrogen-bond acceptors (Lipinski definition) is 19. The normalized spacial score (nSPS) is 15.3. The average molecular weight is 1650 g/mol. The Bertz CT molecular complexity index is 4900. The number of carboxylic acid groups (broad SMARTS) is 3. The van der Waals surface area contributed by atoms with Gasteiger partial charge in [-0.2, -0.15) is 16.8 Å². The van der Waals surface area contributed by atoms with Crippen molar-refractivity contribution in [3.8, 4) is 0 Å². The molecule has 2 heterocycles. The molecule has 2 unspecified atom stereocenters. The number of hydrogen-bond donors (Lipinski definition) is 13. The zero-order valence-electron chi connectivity index (χ0n) is 64.2. The first kappa shape index (κ1) is 91.0. The van der Waals surface area contributed by atoms with Crippen LogP contribution in [-0.2, 0) is 104 Å². The van der Waals surface area contributed by atoms with E-state index in [1.54, 1.807) is 121 Å². The van der Waals surface area contributed by atoms with E-state index >= 15 is 0 Å². The van der Waals surface area contributed by atoms with Gasteiger partial charge >= 0.3 is 35.3 Å². The number of carbonyl (C=O) groups excluding carboxylic acids is 7. The number of urea groups is 1. The van der Waals surface area contributed by atoms with Crippen LogP contribution in [-0.4, -0.2) is 195 Å². The molecule has 1 aromatic heterocycles. The predicted molar refractivity (Wildman–Crippen MR) is 425 cm³/mol. The van der Waals surface area contributed by atoms with Crippen LogP contribution < -0.4 is 52.3 Å². The van der Waals surface area contributed by atoms with Crippen molar-refractivity contribution >= 4 is 118 Å². The maximum atomic E-state index is 14.7. The van der Waals surface area contributed by atoms with Gasteiger partial charge < -0.3 is 72.2 Å². The number of benzene rings is 5. The van der Waals surface area contributed by atoms with Gasteiger partial charge in [-0.15, -0.1) is 0 Å². The van der Waals surface area contributed by atoms with E-state index in [9.17, 15) is 97.1 Å². The number of anilines is 2. The number of nitrogens with one attached hydrogen (secondary N) is 8. The summed E-state index contributed by atoms with van der Waals surface area (Å²) in [5, 5.41) is 48.9. The highest BCUT2D eigenvalue weighted by Crippen LogP contribution is 2.51. The van der Waals surface area contributed by atoms with Gasteiger partial charge in [0.25, 0.3) is 20.2 Å². The molecule has 0 saturated carbocycles. The van der Waals surface area contributed by atoms with Crippen LogP contribution in [0.5, 0.6) is 0 Å². The number of carboxylic acids is 3. The van der Waals surface area contributed by atoms with Crippen LogP contribution in [0.2, 0.25) is 0 Å². The van der Waals surface area contributed by atoms with Crippen molar-refractivity contribution in [3.63, 3.8) is 0 Å². The molecule has 7 rings (SSSR count). The number of allylic oxidation sites excluding steroid dienone is 3. The molecule has 13 N–H and O–H groups in total. The molecule has 0 fully saturated rings. The van der Waals surface area contributed by atoms with E-state index < -0.39 is 179 Å². The fourth-order valence-electron chi connectivity index (χ4n) is 13.2. The molecule has 8 amide bonds. The van der Waals surface area contributed by atoms with E-state index in [4.69, 9.17) is 9.52 Å². The van der Waals surface area contributed by atoms with E-state index in [0.717, 1.165) is 22.7 Å². The Labute approximate surface area is 666 Å². The van der Waals surface area contributed by atoms with Crippen LogP contribution in [0, 0.1) is 0 Å². The molecule has 6 aromatic rings. The molecular formula is C79H98N10O23S3. The molecule has 0 radical (unpaired) electrons. The summed E-state index contributed by atoms with van der Waals surface area (Å²) in [7, 11) is -13.7. The Balaban J connectivity index is 1.05.